The lowest BCUT2D eigenvalue weighted by molar-refractivity contribution is -0.137. The van der Waals surface area contributed by atoms with Crippen molar-refractivity contribution in [3.8, 4) is 0 Å². The van der Waals surface area contributed by atoms with Crippen molar-refractivity contribution in [1.29, 1.82) is 0 Å². The third kappa shape index (κ3) is 3.48. The summed E-state index contributed by atoms with van der Waals surface area (Å²) in [6.45, 7) is 0.691. The molecule has 1 aromatic heterocycles. The summed E-state index contributed by atoms with van der Waals surface area (Å²) in [5.41, 5.74) is 0.787. The minimum atomic E-state index is -0.454. The Balaban J connectivity index is 1.90. The zero-order chi connectivity index (χ0) is 18.8. The van der Waals surface area contributed by atoms with E-state index in [9.17, 15) is 9.18 Å². The number of halogens is 1. The van der Waals surface area contributed by atoms with Gasteiger partial charge in [0.05, 0.1) is 6.04 Å². The lowest BCUT2D eigenvalue weighted by atomic mass is 10.0. The molecule has 0 N–H and O–H groups in total. The third-order valence-corrected chi connectivity index (χ3v) is 5.54. The number of nitrogens with zero attached hydrogens (tertiary/aromatic N) is 5. The molecular formula is C18H24FN5OS. The molecule has 0 saturated carbocycles. The molecule has 1 amide bonds. The second-order valence-corrected chi connectivity index (χ2v) is 7.48. The quantitative estimate of drug-likeness (QED) is 0.750. The molecule has 26 heavy (non-hydrogen) atoms. The summed E-state index contributed by atoms with van der Waals surface area (Å²) in [5.74, 6) is 0.524. The fraction of sp³-hybridized carbons (Fsp3) is 0.500. The van der Waals surface area contributed by atoms with Gasteiger partial charge in [-0.25, -0.2) is 4.39 Å². The molecule has 0 spiro atoms. The topological polar surface area (TPSA) is 54.3 Å². The predicted octanol–water partition coefficient (Wildman–Crippen LogP) is 2.64. The van der Waals surface area contributed by atoms with Crippen LogP contribution in [0.3, 0.4) is 0 Å². The van der Waals surface area contributed by atoms with E-state index < -0.39 is 6.04 Å². The number of likely N-dealkylation sites (tertiary alicyclic amines) is 1. The molecule has 2 atom stereocenters. The van der Waals surface area contributed by atoms with Gasteiger partial charge in [-0.2, -0.15) is 0 Å². The summed E-state index contributed by atoms with van der Waals surface area (Å²) in [4.78, 5) is 17.1. The Kier molecular flexibility index (Phi) is 5.62. The van der Waals surface area contributed by atoms with E-state index in [0.717, 1.165) is 29.4 Å². The summed E-state index contributed by atoms with van der Waals surface area (Å²) >= 11 is 1.54. The van der Waals surface area contributed by atoms with Gasteiger partial charge in [0.25, 0.3) is 0 Å². The molecule has 1 aromatic carbocycles. The van der Waals surface area contributed by atoms with Crippen LogP contribution in [0.15, 0.2) is 29.4 Å². The van der Waals surface area contributed by atoms with E-state index in [1.807, 2.05) is 41.8 Å². The molecule has 1 aliphatic heterocycles. The molecule has 0 radical (unpaired) electrons. The van der Waals surface area contributed by atoms with Crippen molar-refractivity contribution < 1.29 is 9.18 Å². The van der Waals surface area contributed by atoms with Crippen molar-refractivity contribution >= 4 is 17.7 Å². The molecule has 6 nitrogen and oxygen atoms in total. The van der Waals surface area contributed by atoms with Crippen LogP contribution in [-0.2, 0) is 11.8 Å². The highest BCUT2D eigenvalue weighted by Gasteiger charge is 2.38. The highest BCUT2D eigenvalue weighted by atomic mass is 32.2. The van der Waals surface area contributed by atoms with Gasteiger partial charge in [-0.15, -0.1) is 10.2 Å². The van der Waals surface area contributed by atoms with Gasteiger partial charge in [-0.05, 0) is 50.9 Å². The molecule has 1 aliphatic rings. The highest BCUT2D eigenvalue weighted by Crippen LogP contribution is 2.35. The molecule has 1 saturated heterocycles. The van der Waals surface area contributed by atoms with Crippen LogP contribution in [0.5, 0.6) is 0 Å². The minimum Gasteiger partial charge on any atom is -0.331 e. The summed E-state index contributed by atoms with van der Waals surface area (Å²) in [7, 11) is 5.67. The Bertz CT molecular complexity index is 776. The Hall–Kier alpha value is -1.93. The van der Waals surface area contributed by atoms with Gasteiger partial charge in [-0.3, -0.25) is 9.69 Å². The zero-order valence-corrected chi connectivity index (χ0v) is 16.3. The minimum absolute atomic E-state index is 0.0119. The Morgan fingerprint density at radius 2 is 2.00 bits per heavy atom. The highest BCUT2D eigenvalue weighted by molar-refractivity contribution is 7.98. The van der Waals surface area contributed by atoms with E-state index in [2.05, 4.69) is 10.2 Å². The number of thioether (sulfide) groups is 1. The van der Waals surface area contributed by atoms with Crippen LogP contribution < -0.4 is 0 Å². The molecule has 2 heterocycles. The van der Waals surface area contributed by atoms with Crippen molar-refractivity contribution in [3.63, 3.8) is 0 Å². The van der Waals surface area contributed by atoms with Crippen LogP contribution in [0.2, 0.25) is 0 Å². The lowest BCUT2D eigenvalue weighted by Crippen LogP contribution is -2.40. The SMILES string of the molecule is CSc1nnc([C@@H]2CCCN2C(=O)[C@@H](c2ccc(F)cc2)N(C)C)n1C. The summed E-state index contributed by atoms with van der Waals surface area (Å²) in [6.07, 6.45) is 3.76. The van der Waals surface area contributed by atoms with Crippen LogP contribution in [-0.4, -0.2) is 57.4 Å². The third-order valence-electron chi connectivity index (χ3n) is 4.82. The summed E-state index contributed by atoms with van der Waals surface area (Å²) in [5, 5.41) is 9.37. The van der Waals surface area contributed by atoms with Crippen LogP contribution in [0, 0.1) is 5.82 Å². The van der Waals surface area contributed by atoms with E-state index in [0.29, 0.717) is 6.54 Å². The maximum absolute atomic E-state index is 13.4. The number of carbonyl (C=O) groups excluding carboxylic acids is 1. The molecule has 2 aromatic rings. The van der Waals surface area contributed by atoms with Crippen molar-refractivity contribution in [2.45, 2.75) is 30.1 Å². The number of hydrogen-bond donors (Lipinski definition) is 0. The van der Waals surface area contributed by atoms with E-state index >= 15 is 0 Å². The molecular weight excluding hydrogens is 353 g/mol. The number of carbonyl (C=O) groups is 1. The molecule has 1 fully saturated rings. The van der Waals surface area contributed by atoms with Crippen LogP contribution in [0.25, 0.3) is 0 Å². The normalized spacial score (nSPS) is 18.5. The second kappa shape index (κ2) is 7.75. The maximum atomic E-state index is 13.4. The molecule has 8 heteroatoms. The average molecular weight is 377 g/mol. The first-order valence-corrected chi connectivity index (χ1v) is 9.82. The molecule has 0 bridgehead atoms. The molecule has 0 unspecified atom stereocenters. The van der Waals surface area contributed by atoms with E-state index in [4.69, 9.17) is 0 Å². The van der Waals surface area contributed by atoms with Crippen LogP contribution in [0.1, 0.15) is 36.3 Å². The van der Waals surface area contributed by atoms with Crippen molar-refractivity contribution in [1.82, 2.24) is 24.6 Å². The van der Waals surface area contributed by atoms with Gasteiger partial charge in [0.1, 0.15) is 11.9 Å². The number of benzene rings is 1. The smallest absolute Gasteiger partial charge is 0.245 e. The van der Waals surface area contributed by atoms with Crippen LogP contribution >= 0.6 is 11.8 Å². The number of aromatic nitrogens is 3. The summed E-state index contributed by atoms with van der Waals surface area (Å²) in [6, 6.07) is 5.62. The Morgan fingerprint density at radius 1 is 1.31 bits per heavy atom. The van der Waals surface area contributed by atoms with E-state index in [-0.39, 0.29) is 17.8 Å². The van der Waals surface area contributed by atoms with Gasteiger partial charge in [-0.1, -0.05) is 23.9 Å². The largest absolute Gasteiger partial charge is 0.331 e. The van der Waals surface area contributed by atoms with Crippen LogP contribution in [0.4, 0.5) is 4.39 Å². The molecule has 140 valence electrons. The number of amides is 1. The molecule has 0 aliphatic carbocycles. The number of hydrogen-bond acceptors (Lipinski definition) is 5. The predicted molar refractivity (Wildman–Crippen MR) is 99.3 cm³/mol. The fourth-order valence-electron chi connectivity index (χ4n) is 3.56. The monoisotopic (exact) mass is 377 g/mol. The van der Waals surface area contributed by atoms with E-state index in [1.54, 1.807) is 12.1 Å². The molecule has 3 rings (SSSR count). The van der Waals surface area contributed by atoms with Gasteiger partial charge in [0.15, 0.2) is 11.0 Å². The van der Waals surface area contributed by atoms with Crippen molar-refractivity contribution in [3.05, 3.63) is 41.5 Å². The maximum Gasteiger partial charge on any atom is 0.245 e. The van der Waals surface area contributed by atoms with Crippen molar-refractivity contribution in [2.75, 3.05) is 26.9 Å². The Morgan fingerprint density at radius 3 is 2.58 bits per heavy atom. The van der Waals surface area contributed by atoms with Gasteiger partial charge >= 0.3 is 0 Å². The number of rotatable bonds is 5. The first-order valence-electron chi connectivity index (χ1n) is 8.59. The van der Waals surface area contributed by atoms with Crippen molar-refractivity contribution in [2.24, 2.45) is 7.05 Å². The number of likely N-dealkylation sites (N-methyl/N-ethyl adjacent to an activating group) is 1. The van der Waals surface area contributed by atoms with E-state index in [1.165, 1.54) is 23.9 Å². The standard InChI is InChI=1S/C18H24FN5OS/c1-22(2)15(12-7-9-13(19)10-8-12)17(25)24-11-5-6-14(24)16-20-21-18(26-4)23(16)3/h7-10,14-15H,5-6,11H2,1-4H3/t14-,15+/m0/s1. The first-order chi connectivity index (χ1) is 12.4. The Labute approximate surface area is 157 Å². The fourth-order valence-corrected chi connectivity index (χ4v) is 4.05. The van der Waals surface area contributed by atoms with Gasteiger partial charge < -0.3 is 9.47 Å². The van der Waals surface area contributed by atoms with Gasteiger partial charge in [0, 0.05) is 13.6 Å². The second-order valence-electron chi connectivity index (χ2n) is 6.71. The average Bonchev–Trinajstić information content (AvgIpc) is 3.22. The zero-order valence-electron chi connectivity index (χ0n) is 15.5. The lowest BCUT2D eigenvalue weighted by Gasteiger charge is -2.31. The first kappa shape index (κ1) is 18.8. The summed E-state index contributed by atoms with van der Waals surface area (Å²) < 4.78 is 15.2. The van der Waals surface area contributed by atoms with Gasteiger partial charge in [0.2, 0.25) is 5.91 Å².